The maximum atomic E-state index is 12.4. The molecule has 1 heterocycles. The van der Waals surface area contributed by atoms with E-state index in [1.54, 1.807) is 34.9 Å². The Bertz CT molecular complexity index is 904. The Morgan fingerprint density at radius 2 is 1.91 bits per heavy atom. The number of rotatable bonds is 2. The molecule has 3 rings (SSSR count). The number of halogens is 1. The Balaban J connectivity index is 1.91. The molecule has 4 nitrogen and oxygen atoms in total. The molecular formula is C17H12ClN3O. The molecule has 0 fully saturated rings. The molecule has 0 unspecified atom stereocenters. The van der Waals surface area contributed by atoms with Gasteiger partial charge in [0.2, 0.25) is 0 Å². The lowest BCUT2D eigenvalue weighted by Gasteiger charge is -2.06. The quantitative estimate of drug-likeness (QED) is 0.779. The number of nitrogens with one attached hydrogen (secondary N) is 1. The van der Waals surface area contributed by atoms with Crippen LogP contribution in [0.2, 0.25) is 5.02 Å². The first-order valence-corrected chi connectivity index (χ1v) is 7.03. The summed E-state index contributed by atoms with van der Waals surface area (Å²) < 4.78 is 1.81. The lowest BCUT2D eigenvalue weighted by Crippen LogP contribution is -2.15. The van der Waals surface area contributed by atoms with E-state index in [4.69, 9.17) is 16.9 Å². The van der Waals surface area contributed by atoms with Gasteiger partial charge in [0.15, 0.2) is 0 Å². The number of aromatic nitrogens is 1. The Labute approximate surface area is 132 Å². The highest BCUT2D eigenvalue weighted by atomic mass is 35.5. The van der Waals surface area contributed by atoms with Gasteiger partial charge < -0.3 is 9.88 Å². The molecule has 108 valence electrons. The Morgan fingerprint density at radius 3 is 2.59 bits per heavy atom. The highest BCUT2D eigenvalue weighted by Crippen LogP contribution is 2.23. The number of amides is 1. The molecular weight excluding hydrogens is 298 g/mol. The normalized spacial score (nSPS) is 10.4. The summed E-state index contributed by atoms with van der Waals surface area (Å²) in [6.07, 6.45) is 0. The van der Waals surface area contributed by atoms with Crippen LogP contribution in [0.25, 0.3) is 10.9 Å². The van der Waals surface area contributed by atoms with Crippen LogP contribution in [0.4, 0.5) is 5.69 Å². The van der Waals surface area contributed by atoms with E-state index in [0.29, 0.717) is 22.0 Å². The molecule has 0 aliphatic carbocycles. The molecule has 22 heavy (non-hydrogen) atoms. The molecule has 0 atom stereocenters. The maximum Gasteiger partial charge on any atom is 0.272 e. The van der Waals surface area contributed by atoms with Crippen LogP contribution in [0.3, 0.4) is 0 Å². The molecule has 0 aliphatic heterocycles. The summed E-state index contributed by atoms with van der Waals surface area (Å²) >= 11 is 6.00. The first-order chi connectivity index (χ1) is 10.6. The second-order valence-corrected chi connectivity index (χ2v) is 5.37. The fourth-order valence-corrected chi connectivity index (χ4v) is 2.51. The van der Waals surface area contributed by atoms with Crippen molar-refractivity contribution in [2.24, 2.45) is 7.05 Å². The van der Waals surface area contributed by atoms with Crippen molar-refractivity contribution in [3.63, 3.8) is 0 Å². The van der Waals surface area contributed by atoms with Crippen LogP contribution in [0.5, 0.6) is 0 Å². The Hall–Kier alpha value is -2.77. The van der Waals surface area contributed by atoms with Gasteiger partial charge in [-0.15, -0.1) is 0 Å². The Kier molecular flexibility index (Phi) is 3.58. The summed E-state index contributed by atoms with van der Waals surface area (Å²) in [6, 6.07) is 16.1. The van der Waals surface area contributed by atoms with Crippen LogP contribution in [0.1, 0.15) is 16.1 Å². The molecule has 2 aromatic carbocycles. The van der Waals surface area contributed by atoms with E-state index in [1.807, 2.05) is 31.3 Å². The van der Waals surface area contributed by atoms with Gasteiger partial charge in [-0.1, -0.05) is 17.7 Å². The number of hydrogen-bond acceptors (Lipinski definition) is 2. The molecule has 0 spiro atoms. The third-order valence-corrected chi connectivity index (χ3v) is 3.75. The first-order valence-electron chi connectivity index (χ1n) is 6.65. The molecule has 1 amide bonds. The molecule has 0 saturated carbocycles. The minimum Gasteiger partial charge on any atom is -0.340 e. The van der Waals surface area contributed by atoms with Crippen molar-refractivity contribution in [1.82, 2.24) is 4.57 Å². The van der Waals surface area contributed by atoms with Crippen LogP contribution in [0.15, 0.2) is 48.5 Å². The van der Waals surface area contributed by atoms with Crippen LogP contribution < -0.4 is 5.32 Å². The van der Waals surface area contributed by atoms with E-state index in [1.165, 1.54) is 0 Å². The average molecular weight is 310 g/mol. The number of anilines is 1. The van der Waals surface area contributed by atoms with Crippen molar-refractivity contribution in [2.75, 3.05) is 5.32 Å². The summed E-state index contributed by atoms with van der Waals surface area (Å²) in [5, 5.41) is 13.2. The highest BCUT2D eigenvalue weighted by molar-refractivity contribution is 6.31. The van der Waals surface area contributed by atoms with Gasteiger partial charge in [0, 0.05) is 28.7 Å². The van der Waals surface area contributed by atoms with E-state index in [0.717, 1.165) is 10.9 Å². The molecule has 5 heteroatoms. The molecule has 0 radical (unpaired) electrons. The van der Waals surface area contributed by atoms with Gasteiger partial charge in [-0.05, 0) is 42.5 Å². The van der Waals surface area contributed by atoms with Crippen molar-refractivity contribution in [2.45, 2.75) is 0 Å². The minimum atomic E-state index is -0.209. The number of nitrogens with zero attached hydrogens (tertiary/aromatic N) is 2. The van der Waals surface area contributed by atoms with Crippen molar-refractivity contribution in [3.05, 3.63) is 64.8 Å². The van der Waals surface area contributed by atoms with Gasteiger partial charge in [-0.3, -0.25) is 4.79 Å². The van der Waals surface area contributed by atoms with E-state index < -0.39 is 0 Å². The lowest BCUT2D eigenvalue weighted by atomic mass is 10.2. The molecule has 3 aromatic rings. The Morgan fingerprint density at radius 1 is 1.18 bits per heavy atom. The average Bonchev–Trinajstić information content (AvgIpc) is 2.85. The first kappa shape index (κ1) is 14.2. The predicted molar refractivity (Wildman–Crippen MR) is 87.0 cm³/mol. The third-order valence-electron chi connectivity index (χ3n) is 3.51. The fourth-order valence-electron chi connectivity index (χ4n) is 2.34. The fraction of sp³-hybridized carbons (Fsp3) is 0.0588. The standard InChI is InChI=1S/C17H12ClN3O/c1-21-15-9-13(18)5-4-12(15)8-16(21)17(22)20-14-6-2-11(10-19)3-7-14/h2-9H,1H3,(H,20,22). The predicted octanol–water partition coefficient (Wildman–Crippen LogP) is 3.96. The largest absolute Gasteiger partial charge is 0.340 e. The second-order valence-electron chi connectivity index (χ2n) is 4.94. The van der Waals surface area contributed by atoms with Crippen molar-refractivity contribution in [1.29, 1.82) is 5.26 Å². The van der Waals surface area contributed by atoms with Gasteiger partial charge >= 0.3 is 0 Å². The number of nitriles is 1. The topological polar surface area (TPSA) is 57.8 Å². The van der Waals surface area contributed by atoms with Crippen molar-refractivity contribution in [3.8, 4) is 6.07 Å². The zero-order chi connectivity index (χ0) is 15.7. The zero-order valence-electron chi connectivity index (χ0n) is 11.8. The highest BCUT2D eigenvalue weighted by Gasteiger charge is 2.13. The second kappa shape index (κ2) is 5.55. The van der Waals surface area contributed by atoms with Gasteiger partial charge in [0.05, 0.1) is 11.6 Å². The number of hydrogen-bond donors (Lipinski definition) is 1. The number of fused-ring (bicyclic) bond motifs is 1. The van der Waals surface area contributed by atoms with E-state index in [2.05, 4.69) is 5.32 Å². The van der Waals surface area contributed by atoms with Gasteiger partial charge in [0.1, 0.15) is 5.69 Å². The van der Waals surface area contributed by atoms with E-state index in [9.17, 15) is 4.79 Å². The summed E-state index contributed by atoms with van der Waals surface area (Å²) in [5.74, 6) is -0.209. The smallest absolute Gasteiger partial charge is 0.272 e. The van der Waals surface area contributed by atoms with Gasteiger partial charge in [-0.2, -0.15) is 5.26 Å². The molecule has 0 bridgehead atoms. The zero-order valence-corrected chi connectivity index (χ0v) is 12.6. The third kappa shape index (κ3) is 2.54. The van der Waals surface area contributed by atoms with Crippen LogP contribution in [-0.4, -0.2) is 10.5 Å². The van der Waals surface area contributed by atoms with Gasteiger partial charge in [0.25, 0.3) is 5.91 Å². The van der Waals surface area contributed by atoms with E-state index >= 15 is 0 Å². The van der Waals surface area contributed by atoms with Crippen molar-refractivity contribution < 1.29 is 4.79 Å². The van der Waals surface area contributed by atoms with Crippen molar-refractivity contribution >= 4 is 34.1 Å². The minimum absolute atomic E-state index is 0.209. The number of carbonyl (C=O) groups excluding carboxylic acids is 1. The number of carbonyl (C=O) groups is 1. The SMILES string of the molecule is Cn1c(C(=O)Nc2ccc(C#N)cc2)cc2ccc(Cl)cc21. The van der Waals surface area contributed by atoms with Crippen LogP contribution in [-0.2, 0) is 7.05 Å². The van der Waals surface area contributed by atoms with Crippen LogP contribution in [0, 0.1) is 11.3 Å². The summed E-state index contributed by atoms with van der Waals surface area (Å²) in [4.78, 5) is 12.4. The molecule has 1 N–H and O–H groups in total. The molecule has 0 saturated heterocycles. The lowest BCUT2D eigenvalue weighted by molar-refractivity contribution is 0.102. The molecule has 1 aromatic heterocycles. The molecule has 0 aliphatic rings. The van der Waals surface area contributed by atoms with Gasteiger partial charge in [-0.25, -0.2) is 0 Å². The van der Waals surface area contributed by atoms with Crippen LogP contribution >= 0.6 is 11.6 Å². The monoisotopic (exact) mass is 309 g/mol. The number of benzene rings is 2. The number of aryl methyl sites for hydroxylation is 1. The van der Waals surface area contributed by atoms with E-state index in [-0.39, 0.29) is 5.91 Å². The maximum absolute atomic E-state index is 12.4. The summed E-state index contributed by atoms with van der Waals surface area (Å²) in [5.41, 5.74) is 2.64. The summed E-state index contributed by atoms with van der Waals surface area (Å²) in [6.45, 7) is 0. The summed E-state index contributed by atoms with van der Waals surface area (Å²) in [7, 11) is 1.83.